The molecule has 0 saturated carbocycles. The van der Waals surface area contributed by atoms with Crippen molar-refractivity contribution >= 4 is 11.3 Å². The molecule has 0 aliphatic heterocycles. The maximum atomic E-state index is 13.4. The molecular formula is C10H7F3N2S. The fourth-order valence-corrected chi connectivity index (χ4v) is 1.95. The summed E-state index contributed by atoms with van der Waals surface area (Å²) >= 11 is 1.23. The van der Waals surface area contributed by atoms with Crippen molar-refractivity contribution in [2.45, 2.75) is 6.04 Å². The first kappa shape index (κ1) is 11.1. The third-order valence-electron chi connectivity index (χ3n) is 2.09. The Morgan fingerprint density at radius 2 is 1.81 bits per heavy atom. The second kappa shape index (κ2) is 4.23. The lowest BCUT2D eigenvalue weighted by atomic mass is 10.1. The quantitative estimate of drug-likeness (QED) is 0.825. The molecule has 1 aromatic carbocycles. The topological polar surface area (TPSA) is 38.9 Å². The van der Waals surface area contributed by atoms with Crippen molar-refractivity contribution in [1.82, 2.24) is 4.98 Å². The van der Waals surface area contributed by atoms with E-state index in [0.717, 1.165) is 6.07 Å². The van der Waals surface area contributed by atoms with E-state index in [2.05, 4.69) is 4.98 Å². The van der Waals surface area contributed by atoms with Crippen LogP contribution in [-0.2, 0) is 0 Å². The molecule has 1 heterocycles. The number of thiazole rings is 1. The van der Waals surface area contributed by atoms with Crippen LogP contribution in [0.4, 0.5) is 13.2 Å². The molecule has 84 valence electrons. The molecule has 1 atom stereocenters. The molecule has 0 spiro atoms. The summed E-state index contributed by atoms with van der Waals surface area (Å²) < 4.78 is 39.0. The number of benzene rings is 1. The molecule has 0 aliphatic rings. The average molecular weight is 244 g/mol. The lowest BCUT2D eigenvalue weighted by Crippen LogP contribution is -2.14. The zero-order valence-corrected chi connectivity index (χ0v) is 8.77. The van der Waals surface area contributed by atoms with Crippen molar-refractivity contribution in [2.24, 2.45) is 5.73 Å². The van der Waals surface area contributed by atoms with E-state index in [0.29, 0.717) is 11.1 Å². The molecule has 0 radical (unpaired) electrons. The molecule has 2 N–H and O–H groups in total. The van der Waals surface area contributed by atoms with Gasteiger partial charge in [0, 0.05) is 23.2 Å². The SMILES string of the molecule is NC(c1nccs1)c1cc(F)c(F)cc1F. The number of halogens is 3. The van der Waals surface area contributed by atoms with Crippen LogP contribution in [0, 0.1) is 17.5 Å². The van der Waals surface area contributed by atoms with E-state index in [-0.39, 0.29) is 5.56 Å². The molecule has 2 rings (SSSR count). The highest BCUT2D eigenvalue weighted by molar-refractivity contribution is 7.09. The minimum Gasteiger partial charge on any atom is -0.318 e. The number of hydrogen-bond acceptors (Lipinski definition) is 3. The fraction of sp³-hybridized carbons (Fsp3) is 0.100. The maximum absolute atomic E-state index is 13.4. The predicted molar refractivity (Wildman–Crippen MR) is 54.5 cm³/mol. The Labute approximate surface area is 93.5 Å². The van der Waals surface area contributed by atoms with Gasteiger partial charge in [-0.2, -0.15) is 0 Å². The zero-order valence-electron chi connectivity index (χ0n) is 7.95. The third kappa shape index (κ3) is 1.94. The van der Waals surface area contributed by atoms with Crippen LogP contribution >= 0.6 is 11.3 Å². The van der Waals surface area contributed by atoms with Gasteiger partial charge in [0.25, 0.3) is 0 Å². The van der Waals surface area contributed by atoms with Crippen LogP contribution in [0.5, 0.6) is 0 Å². The van der Waals surface area contributed by atoms with Gasteiger partial charge in [0.2, 0.25) is 0 Å². The van der Waals surface area contributed by atoms with Crippen molar-refractivity contribution < 1.29 is 13.2 Å². The van der Waals surface area contributed by atoms with Gasteiger partial charge >= 0.3 is 0 Å². The first-order valence-corrected chi connectivity index (χ1v) is 5.27. The largest absolute Gasteiger partial charge is 0.318 e. The monoisotopic (exact) mass is 244 g/mol. The smallest absolute Gasteiger partial charge is 0.161 e. The lowest BCUT2D eigenvalue weighted by molar-refractivity contribution is 0.487. The predicted octanol–water partition coefficient (Wildman–Crippen LogP) is 2.61. The van der Waals surface area contributed by atoms with Gasteiger partial charge in [0.05, 0.1) is 6.04 Å². The average Bonchev–Trinajstić information content (AvgIpc) is 2.75. The minimum atomic E-state index is -1.23. The third-order valence-corrected chi connectivity index (χ3v) is 2.95. The van der Waals surface area contributed by atoms with Gasteiger partial charge < -0.3 is 5.73 Å². The highest BCUT2D eigenvalue weighted by Crippen LogP contribution is 2.25. The van der Waals surface area contributed by atoms with Crippen LogP contribution in [0.3, 0.4) is 0 Å². The summed E-state index contributed by atoms with van der Waals surface area (Å²) in [6.07, 6.45) is 1.51. The van der Waals surface area contributed by atoms with Crippen LogP contribution in [0.2, 0.25) is 0 Å². The summed E-state index contributed by atoms with van der Waals surface area (Å²) in [5.74, 6) is -3.22. The highest BCUT2D eigenvalue weighted by atomic mass is 32.1. The molecule has 1 unspecified atom stereocenters. The molecule has 0 amide bonds. The van der Waals surface area contributed by atoms with E-state index in [9.17, 15) is 13.2 Å². The molecule has 2 nitrogen and oxygen atoms in total. The molecule has 0 saturated heterocycles. The number of nitrogens with two attached hydrogens (primary N) is 1. The second-order valence-corrected chi connectivity index (χ2v) is 4.06. The van der Waals surface area contributed by atoms with E-state index < -0.39 is 23.5 Å². The number of hydrogen-bond donors (Lipinski definition) is 1. The number of rotatable bonds is 2. The molecule has 1 aromatic heterocycles. The summed E-state index contributed by atoms with van der Waals surface area (Å²) in [7, 11) is 0. The van der Waals surface area contributed by atoms with Crippen LogP contribution in [-0.4, -0.2) is 4.98 Å². The minimum absolute atomic E-state index is 0.103. The van der Waals surface area contributed by atoms with Gasteiger partial charge in [-0.15, -0.1) is 11.3 Å². The summed E-state index contributed by atoms with van der Waals surface area (Å²) in [5, 5.41) is 2.12. The van der Waals surface area contributed by atoms with Crippen molar-refractivity contribution in [3.63, 3.8) is 0 Å². The van der Waals surface area contributed by atoms with Crippen molar-refractivity contribution in [2.75, 3.05) is 0 Å². The van der Waals surface area contributed by atoms with Crippen molar-refractivity contribution in [1.29, 1.82) is 0 Å². The van der Waals surface area contributed by atoms with Gasteiger partial charge in [-0.25, -0.2) is 18.2 Å². The van der Waals surface area contributed by atoms with Gasteiger partial charge in [0.15, 0.2) is 11.6 Å². The van der Waals surface area contributed by atoms with E-state index in [4.69, 9.17) is 5.73 Å². The van der Waals surface area contributed by atoms with Crippen LogP contribution in [0.1, 0.15) is 16.6 Å². The van der Waals surface area contributed by atoms with Crippen molar-refractivity contribution in [3.05, 3.63) is 51.7 Å². The molecule has 0 aliphatic carbocycles. The van der Waals surface area contributed by atoms with Crippen LogP contribution < -0.4 is 5.73 Å². The Kier molecular flexibility index (Phi) is 2.93. The van der Waals surface area contributed by atoms with E-state index in [1.807, 2.05) is 0 Å². The Bertz CT molecular complexity index is 499. The first-order chi connectivity index (χ1) is 7.59. The first-order valence-electron chi connectivity index (χ1n) is 4.39. The number of aromatic nitrogens is 1. The molecule has 6 heteroatoms. The Hall–Kier alpha value is -1.40. The fourth-order valence-electron chi connectivity index (χ4n) is 1.30. The Morgan fingerprint density at radius 3 is 2.44 bits per heavy atom. The lowest BCUT2D eigenvalue weighted by Gasteiger charge is -2.10. The van der Waals surface area contributed by atoms with Crippen LogP contribution in [0.15, 0.2) is 23.7 Å². The summed E-state index contributed by atoms with van der Waals surface area (Å²) in [4.78, 5) is 3.90. The van der Waals surface area contributed by atoms with Crippen LogP contribution in [0.25, 0.3) is 0 Å². The molecule has 16 heavy (non-hydrogen) atoms. The Morgan fingerprint density at radius 1 is 1.12 bits per heavy atom. The second-order valence-electron chi connectivity index (χ2n) is 3.14. The molecular weight excluding hydrogens is 237 g/mol. The van der Waals surface area contributed by atoms with Gasteiger partial charge in [-0.1, -0.05) is 0 Å². The number of nitrogens with zero attached hydrogens (tertiary/aromatic N) is 1. The molecule has 0 fully saturated rings. The van der Waals surface area contributed by atoms with Gasteiger partial charge in [-0.05, 0) is 6.07 Å². The van der Waals surface area contributed by atoms with E-state index in [1.54, 1.807) is 5.38 Å². The summed E-state index contributed by atoms with van der Waals surface area (Å²) in [5.41, 5.74) is 5.60. The molecule has 0 bridgehead atoms. The van der Waals surface area contributed by atoms with E-state index in [1.165, 1.54) is 17.5 Å². The standard InChI is InChI=1S/C10H7F3N2S/c11-6-4-8(13)7(12)3-5(6)9(14)10-15-1-2-16-10/h1-4,9H,14H2. The van der Waals surface area contributed by atoms with Gasteiger partial charge in [-0.3, -0.25) is 0 Å². The highest BCUT2D eigenvalue weighted by Gasteiger charge is 2.18. The maximum Gasteiger partial charge on any atom is 0.161 e. The summed E-state index contributed by atoms with van der Waals surface area (Å²) in [6.45, 7) is 0. The molecule has 2 aromatic rings. The zero-order chi connectivity index (χ0) is 11.7. The summed E-state index contributed by atoms with van der Waals surface area (Å²) in [6, 6.07) is 0.365. The Balaban J connectivity index is 2.44. The van der Waals surface area contributed by atoms with E-state index >= 15 is 0 Å². The van der Waals surface area contributed by atoms with Gasteiger partial charge in [0.1, 0.15) is 10.8 Å². The normalized spacial score (nSPS) is 12.8. The van der Waals surface area contributed by atoms with Crippen molar-refractivity contribution in [3.8, 4) is 0 Å².